The minimum absolute atomic E-state index is 0.0734. The molecule has 116 valence electrons. The molecule has 2 aromatic rings. The number of halogens is 3. The van der Waals surface area contributed by atoms with Crippen LogP contribution in [0.1, 0.15) is 0 Å². The van der Waals surface area contributed by atoms with E-state index in [2.05, 4.69) is 0 Å². The Bertz CT molecular complexity index is 719. The summed E-state index contributed by atoms with van der Waals surface area (Å²) in [6.45, 7) is 0.337. The number of benzene rings is 2. The highest BCUT2D eigenvalue weighted by Gasteiger charge is 2.30. The number of nitrogens with two attached hydrogens (primary N) is 1. The van der Waals surface area contributed by atoms with Crippen LogP contribution in [0.3, 0.4) is 0 Å². The first kappa shape index (κ1) is 15.2. The fraction of sp³-hybridized carbons (Fsp3) is 0.200. The quantitative estimate of drug-likeness (QED) is 0.874. The topological polar surface area (TPSA) is 64.7 Å². The standard InChI is InChI=1S/C15H12Cl2FNO3/c16-9-2-1-3-10(17)12(9)8-4-11(18)13(20)15-14(8)22-7(5-19)6-21-15/h1-4,7,20H,5-6,19H2/t7-/m0/s1. The molecule has 0 saturated carbocycles. The van der Waals surface area contributed by atoms with Crippen LogP contribution in [-0.4, -0.2) is 24.4 Å². The number of hydrogen-bond donors (Lipinski definition) is 2. The van der Waals surface area contributed by atoms with Crippen molar-refractivity contribution < 1.29 is 19.0 Å². The van der Waals surface area contributed by atoms with Gasteiger partial charge in [0, 0.05) is 17.7 Å². The zero-order valence-electron chi connectivity index (χ0n) is 11.3. The molecule has 0 aliphatic carbocycles. The van der Waals surface area contributed by atoms with E-state index in [1.165, 1.54) is 0 Å². The Morgan fingerprint density at radius 3 is 2.59 bits per heavy atom. The van der Waals surface area contributed by atoms with E-state index in [1.807, 2.05) is 0 Å². The van der Waals surface area contributed by atoms with Gasteiger partial charge >= 0.3 is 0 Å². The molecule has 1 aliphatic heterocycles. The van der Waals surface area contributed by atoms with Gasteiger partial charge in [-0.2, -0.15) is 0 Å². The fourth-order valence-electron chi connectivity index (χ4n) is 2.28. The Labute approximate surface area is 136 Å². The normalized spacial score (nSPS) is 16.6. The van der Waals surface area contributed by atoms with Crippen LogP contribution in [0, 0.1) is 5.82 Å². The first-order valence-electron chi connectivity index (χ1n) is 6.52. The molecule has 1 atom stereocenters. The molecular formula is C15H12Cl2FNO3. The van der Waals surface area contributed by atoms with Crippen molar-refractivity contribution in [3.63, 3.8) is 0 Å². The third kappa shape index (κ3) is 2.45. The van der Waals surface area contributed by atoms with Crippen molar-refractivity contribution in [1.29, 1.82) is 0 Å². The van der Waals surface area contributed by atoms with Gasteiger partial charge < -0.3 is 20.3 Å². The zero-order chi connectivity index (χ0) is 15.9. The van der Waals surface area contributed by atoms with Crippen molar-refractivity contribution in [2.75, 3.05) is 13.2 Å². The molecule has 0 saturated heterocycles. The molecular weight excluding hydrogens is 332 g/mol. The van der Waals surface area contributed by atoms with E-state index in [0.717, 1.165) is 6.07 Å². The summed E-state index contributed by atoms with van der Waals surface area (Å²) in [6, 6.07) is 6.05. The van der Waals surface area contributed by atoms with Crippen molar-refractivity contribution in [1.82, 2.24) is 0 Å². The summed E-state index contributed by atoms with van der Waals surface area (Å²) >= 11 is 12.4. The van der Waals surface area contributed by atoms with Crippen molar-refractivity contribution in [3.05, 3.63) is 40.1 Å². The second-order valence-electron chi connectivity index (χ2n) is 4.80. The summed E-state index contributed by atoms with van der Waals surface area (Å²) in [5.41, 5.74) is 6.29. The predicted molar refractivity (Wildman–Crippen MR) is 82.5 cm³/mol. The van der Waals surface area contributed by atoms with Crippen molar-refractivity contribution in [2.24, 2.45) is 5.73 Å². The number of ether oxygens (including phenoxy) is 2. The average Bonchev–Trinajstić information content (AvgIpc) is 2.51. The molecule has 0 bridgehead atoms. The Morgan fingerprint density at radius 2 is 1.95 bits per heavy atom. The highest BCUT2D eigenvalue weighted by molar-refractivity contribution is 6.39. The van der Waals surface area contributed by atoms with E-state index in [1.54, 1.807) is 18.2 Å². The van der Waals surface area contributed by atoms with E-state index < -0.39 is 17.7 Å². The summed E-state index contributed by atoms with van der Waals surface area (Å²) in [5.74, 6) is -1.36. The Morgan fingerprint density at radius 1 is 1.27 bits per heavy atom. The van der Waals surface area contributed by atoms with E-state index in [0.29, 0.717) is 21.2 Å². The molecule has 7 heteroatoms. The molecule has 2 aromatic carbocycles. The number of phenolic OH excluding ortho intramolecular Hbond substituents is 1. The molecule has 0 spiro atoms. The van der Waals surface area contributed by atoms with Gasteiger partial charge in [0.25, 0.3) is 0 Å². The molecule has 1 heterocycles. The summed E-state index contributed by atoms with van der Waals surface area (Å²) in [4.78, 5) is 0. The van der Waals surface area contributed by atoms with Gasteiger partial charge in [0.1, 0.15) is 12.7 Å². The second-order valence-corrected chi connectivity index (χ2v) is 5.61. The van der Waals surface area contributed by atoms with Crippen LogP contribution in [0.25, 0.3) is 11.1 Å². The first-order valence-corrected chi connectivity index (χ1v) is 7.28. The summed E-state index contributed by atoms with van der Waals surface area (Å²) in [5, 5.41) is 10.5. The van der Waals surface area contributed by atoms with Crippen LogP contribution in [0.4, 0.5) is 4.39 Å². The summed E-state index contributed by atoms with van der Waals surface area (Å²) < 4.78 is 25.1. The number of hydrogen-bond acceptors (Lipinski definition) is 4. The Kier molecular flexibility index (Phi) is 4.04. The van der Waals surface area contributed by atoms with Gasteiger partial charge in [-0.05, 0) is 18.2 Å². The minimum atomic E-state index is -0.848. The smallest absolute Gasteiger partial charge is 0.207 e. The summed E-state index contributed by atoms with van der Waals surface area (Å²) in [7, 11) is 0. The van der Waals surface area contributed by atoms with Crippen molar-refractivity contribution >= 4 is 23.2 Å². The molecule has 3 rings (SSSR count). The molecule has 3 N–H and O–H groups in total. The van der Waals surface area contributed by atoms with E-state index in [4.69, 9.17) is 38.4 Å². The molecule has 0 radical (unpaired) electrons. The number of rotatable bonds is 2. The predicted octanol–water partition coefficient (Wildman–Crippen LogP) is 3.60. The monoisotopic (exact) mass is 343 g/mol. The van der Waals surface area contributed by atoms with Gasteiger partial charge in [0.2, 0.25) is 5.75 Å². The molecule has 0 amide bonds. The van der Waals surface area contributed by atoms with Crippen molar-refractivity contribution in [3.8, 4) is 28.4 Å². The van der Waals surface area contributed by atoms with Crippen LogP contribution in [0.5, 0.6) is 17.2 Å². The van der Waals surface area contributed by atoms with Gasteiger partial charge in [-0.3, -0.25) is 0 Å². The molecule has 1 aliphatic rings. The van der Waals surface area contributed by atoms with Gasteiger partial charge in [-0.25, -0.2) is 4.39 Å². The van der Waals surface area contributed by atoms with E-state index in [9.17, 15) is 9.50 Å². The maximum absolute atomic E-state index is 14.0. The van der Waals surface area contributed by atoms with Crippen LogP contribution in [0.15, 0.2) is 24.3 Å². The lowest BCUT2D eigenvalue weighted by Crippen LogP contribution is -2.36. The van der Waals surface area contributed by atoms with Gasteiger partial charge in [-0.15, -0.1) is 0 Å². The van der Waals surface area contributed by atoms with E-state index in [-0.39, 0.29) is 24.7 Å². The summed E-state index contributed by atoms with van der Waals surface area (Å²) in [6.07, 6.45) is -0.405. The molecule has 4 nitrogen and oxygen atoms in total. The molecule has 0 unspecified atom stereocenters. The lowest BCUT2D eigenvalue weighted by atomic mass is 10.0. The van der Waals surface area contributed by atoms with Crippen LogP contribution in [-0.2, 0) is 0 Å². The number of aromatic hydroxyl groups is 1. The van der Waals surface area contributed by atoms with E-state index >= 15 is 0 Å². The van der Waals surface area contributed by atoms with Crippen molar-refractivity contribution in [2.45, 2.75) is 6.10 Å². The maximum Gasteiger partial charge on any atom is 0.207 e. The fourth-order valence-corrected chi connectivity index (χ4v) is 2.88. The number of phenols is 1. The average molecular weight is 344 g/mol. The SMILES string of the molecule is NC[C@H]1COc2c(O)c(F)cc(-c3c(Cl)cccc3Cl)c2O1. The largest absolute Gasteiger partial charge is 0.502 e. The Hall–Kier alpha value is -1.69. The third-order valence-electron chi connectivity index (χ3n) is 3.36. The van der Waals surface area contributed by atoms with Gasteiger partial charge in [-0.1, -0.05) is 29.3 Å². The molecule has 22 heavy (non-hydrogen) atoms. The van der Waals surface area contributed by atoms with Crippen LogP contribution < -0.4 is 15.2 Å². The van der Waals surface area contributed by atoms with Crippen LogP contribution in [0.2, 0.25) is 10.0 Å². The molecule has 0 fully saturated rings. The highest BCUT2D eigenvalue weighted by atomic mass is 35.5. The maximum atomic E-state index is 14.0. The highest BCUT2D eigenvalue weighted by Crippen LogP contribution is 2.50. The molecule has 0 aromatic heterocycles. The van der Waals surface area contributed by atoms with Gasteiger partial charge in [0.15, 0.2) is 17.3 Å². The zero-order valence-corrected chi connectivity index (χ0v) is 12.8. The lowest BCUT2D eigenvalue weighted by molar-refractivity contribution is 0.0935. The number of fused-ring (bicyclic) bond motifs is 1. The Balaban J connectivity index is 2.26. The van der Waals surface area contributed by atoms with Crippen LogP contribution >= 0.6 is 23.2 Å². The second kappa shape index (κ2) is 5.83. The third-order valence-corrected chi connectivity index (χ3v) is 3.99. The first-order chi connectivity index (χ1) is 10.5. The minimum Gasteiger partial charge on any atom is -0.502 e. The van der Waals surface area contributed by atoms with Gasteiger partial charge in [0.05, 0.1) is 10.0 Å². The lowest BCUT2D eigenvalue weighted by Gasteiger charge is -2.28.